The summed E-state index contributed by atoms with van der Waals surface area (Å²) >= 11 is 0. The average Bonchev–Trinajstić information content (AvgIpc) is 2.63. The van der Waals surface area contributed by atoms with Gasteiger partial charge < -0.3 is 10.1 Å². The summed E-state index contributed by atoms with van der Waals surface area (Å²) in [5.41, 5.74) is 5.24. The Hall–Kier alpha value is -3.16. The van der Waals surface area contributed by atoms with Crippen molar-refractivity contribution in [3.63, 3.8) is 0 Å². The normalized spacial score (nSPS) is 10.2. The lowest BCUT2D eigenvalue weighted by Crippen LogP contribution is -2.40. The molecule has 0 fully saturated rings. The van der Waals surface area contributed by atoms with Crippen molar-refractivity contribution >= 4 is 29.4 Å². The Labute approximate surface area is 152 Å². The minimum Gasteiger partial charge on any atom is -0.463 e. The molecule has 0 unspecified atom stereocenters. The fourth-order valence-electron chi connectivity index (χ4n) is 1.83. The van der Waals surface area contributed by atoms with Crippen LogP contribution in [0.2, 0.25) is 0 Å². The fraction of sp³-hybridized carbons (Fsp3) is 0.333. The molecule has 0 aliphatic rings. The summed E-state index contributed by atoms with van der Waals surface area (Å²) in [6.45, 7) is 3.86. The van der Waals surface area contributed by atoms with Crippen LogP contribution in [-0.2, 0) is 19.1 Å². The first-order chi connectivity index (χ1) is 12.5. The molecule has 1 aromatic rings. The van der Waals surface area contributed by atoms with Gasteiger partial charge in [-0.3, -0.25) is 25.2 Å². The number of esters is 1. The van der Waals surface area contributed by atoms with Crippen molar-refractivity contribution in [1.82, 2.24) is 10.9 Å². The predicted octanol–water partition coefficient (Wildman–Crippen LogP) is 1.70. The first kappa shape index (κ1) is 20.9. The second-order valence-electron chi connectivity index (χ2n) is 5.26. The number of anilines is 1. The van der Waals surface area contributed by atoms with Gasteiger partial charge in [0.1, 0.15) is 0 Å². The monoisotopic (exact) mass is 361 g/mol. The molecule has 0 saturated carbocycles. The number of hydrogen-bond acceptors (Lipinski definition) is 5. The van der Waals surface area contributed by atoms with Crippen LogP contribution in [0.3, 0.4) is 0 Å². The Morgan fingerprint density at radius 2 is 1.69 bits per heavy atom. The van der Waals surface area contributed by atoms with E-state index in [1.54, 1.807) is 19.1 Å². The van der Waals surface area contributed by atoms with Gasteiger partial charge in [0.15, 0.2) is 0 Å². The summed E-state index contributed by atoms with van der Waals surface area (Å²) in [5, 5.41) is 2.74. The van der Waals surface area contributed by atoms with Gasteiger partial charge in [-0.15, -0.1) is 0 Å². The molecular formula is C18H23N3O5. The average molecular weight is 361 g/mol. The highest BCUT2D eigenvalue weighted by molar-refractivity contribution is 5.99. The second kappa shape index (κ2) is 11.4. The Morgan fingerprint density at radius 1 is 1.00 bits per heavy atom. The summed E-state index contributed by atoms with van der Waals surface area (Å²) in [6, 6.07) is 6.24. The number of rotatable bonds is 8. The fourth-order valence-corrected chi connectivity index (χ4v) is 1.83. The lowest BCUT2D eigenvalue weighted by molar-refractivity contribution is -0.137. The van der Waals surface area contributed by atoms with Gasteiger partial charge in [-0.2, -0.15) is 0 Å². The number of hydrogen-bond donors (Lipinski definition) is 3. The Balaban J connectivity index is 2.46. The summed E-state index contributed by atoms with van der Waals surface area (Å²) < 4.78 is 4.62. The molecule has 8 nitrogen and oxygen atoms in total. The molecule has 3 amide bonds. The van der Waals surface area contributed by atoms with Crippen molar-refractivity contribution in [2.24, 2.45) is 0 Å². The van der Waals surface area contributed by atoms with Crippen molar-refractivity contribution < 1.29 is 23.9 Å². The smallest absolute Gasteiger partial charge is 0.330 e. The lowest BCUT2D eigenvalue weighted by atomic mass is 10.2. The molecule has 0 atom stereocenters. The maximum atomic E-state index is 11.9. The zero-order chi connectivity index (χ0) is 19.4. The minimum absolute atomic E-state index is 0.0790. The number of carbonyl (C=O) groups excluding carboxylic acids is 4. The maximum Gasteiger partial charge on any atom is 0.330 e. The van der Waals surface area contributed by atoms with Gasteiger partial charge in [0.25, 0.3) is 11.8 Å². The minimum atomic E-state index is -0.675. The van der Waals surface area contributed by atoms with E-state index in [1.165, 1.54) is 12.1 Å². The third-order valence-electron chi connectivity index (χ3n) is 3.14. The van der Waals surface area contributed by atoms with Crippen molar-refractivity contribution in [3.8, 4) is 0 Å². The van der Waals surface area contributed by atoms with E-state index in [1.807, 2.05) is 6.92 Å². The van der Waals surface area contributed by atoms with Crippen LogP contribution in [0.1, 0.15) is 43.5 Å². The molecule has 1 rings (SSSR count). The standard InChI is InChI=1S/C18H23N3O5/c1-3-5-6-15(22)19-14-9-7-13(8-10-14)18(25)21-20-16(23)11-12-17(24)26-4-2/h7-12H,3-6H2,1-2H3,(H,19,22)(H,20,23)(H,21,25)/b12-11+. The topological polar surface area (TPSA) is 114 Å². The SMILES string of the molecule is CCCCC(=O)Nc1ccc(C(=O)NNC(=O)/C=C/C(=O)OCC)cc1. The van der Waals surface area contributed by atoms with Crippen LogP contribution in [0.15, 0.2) is 36.4 Å². The molecule has 0 aliphatic heterocycles. The van der Waals surface area contributed by atoms with Crippen molar-refractivity contribution in [1.29, 1.82) is 0 Å². The molecule has 140 valence electrons. The molecule has 0 heterocycles. The molecule has 0 radical (unpaired) electrons. The summed E-state index contributed by atoms with van der Waals surface area (Å²) in [4.78, 5) is 46.1. The van der Waals surface area contributed by atoms with Gasteiger partial charge in [0.05, 0.1) is 6.61 Å². The van der Waals surface area contributed by atoms with Crippen LogP contribution < -0.4 is 16.2 Å². The van der Waals surface area contributed by atoms with Crippen LogP contribution in [0.5, 0.6) is 0 Å². The zero-order valence-corrected chi connectivity index (χ0v) is 14.8. The Kier molecular flexibility index (Phi) is 9.16. The number of benzene rings is 1. The van der Waals surface area contributed by atoms with Crippen LogP contribution >= 0.6 is 0 Å². The number of hydrazine groups is 1. The van der Waals surface area contributed by atoms with E-state index in [2.05, 4.69) is 20.9 Å². The van der Waals surface area contributed by atoms with Crippen molar-refractivity contribution in [3.05, 3.63) is 42.0 Å². The van der Waals surface area contributed by atoms with E-state index in [0.717, 1.165) is 25.0 Å². The van der Waals surface area contributed by atoms with Gasteiger partial charge >= 0.3 is 5.97 Å². The summed E-state index contributed by atoms with van der Waals surface area (Å²) in [7, 11) is 0. The first-order valence-electron chi connectivity index (χ1n) is 8.31. The van der Waals surface area contributed by atoms with E-state index in [0.29, 0.717) is 17.7 Å². The molecule has 8 heteroatoms. The van der Waals surface area contributed by atoms with E-state index in [-0.39, 0.29) is 12.5 Å². The lowest BCUT2D eigenvalue weighted by Gasteiger charge is -2.07. The predicted molar refractivity (Wildman–Crippen MR) is 96.0 cm³/mol. The van der Waals surface area contributed by atoms with E-state index >= 15 is 0 Å². The highest BCUT2D eigenvalue weighted by Crippen LogP contribution is 2.10. The van der Waals surface area contributed by atoms with Crippen LogP contribution in [0.4, 0.5) is 5.69 Å². The van der Waals surface area contributed by atoms with Gasteiger partial charge in [-0.25, -0.2) is 4.79 Å². The number of carbonyl (C=O) groups is 4. The number of unbranched alkanes of at least 4 members (excludes halogenated alkanes) is 1. The number of ether oxygens (including phenoxy) is 1. The molecule has 0 aromatic heterocycles. The van der Waals surface area contributed by atoms with Gasteiger partial charge in [0, 0.05) is 29.8 Å². The second-order valence-corrected chi connectivity index (χ2v) is 5.26. The molecule has 0 spiro atoms. The highest BCUT2D eigenvalue weighted by atomic mass is 16.5. The number of nitrogens with one attached hydrogen (secondary N) is 3. The van der Waals surface area contributed by atoms with E-state index < -0.39 is 17.8 Å². The van der Waals surface area contributed by atoms with E-state index in [9.17, 15) is 19.2 Å². The molecular weight excluding hydrogens is 338 g/mol. The molecule has 26 heavy (non-hydrogen) atoms. The quantitative estimate of drug-likeness (QED) is 0.370. The van der Waals surface area contributed by atoms with Crippen molar-refractivity contribution in [2.75, 3.05) is 11.9 Å². The summed E-state index contributed by atoms with van der Waals surface area (Å²) in [6.07, 6.45) is 4.11. The molecule has 3 N–H and O–H groups in total. The first-order valence-corrected chi connectivity index (χ1v) is 8.31. The molecule has 0 saturated heterocycles. The van der Waals surface area contributed by atoms with Crippen LogP contribution in [0, 0.1) is 0 Å². The van der Waals surface area contributed by atoms with Crippen LogP contribution in [0.25, 0.3) is 0 Å². The van der Waals surface area contributed by atoms with Gasteiger partial charge in [0.2, 0.25) is 5.91 Å². The Morgan fingerprint density at radius 3 is 2.31 bits per heavy atom. The van der Waals surface area contributed by atoms with Crippen LogP contribution in [-0.4, -0.2) is 30.3 Å². The molecule has 0 aliphatic carbocycles. The largest absolute Gasteiger partial charge is 0.463 e. The highest BCUT2D eigenvalue weighted by Gasteiger charge is 2.07. The summed E-state index contributed by atoms with van der Waals surface area (Å²) in [5.74, 6) is -1.94. The van der Waals surface area contributed by atoms with Gasteiger partial charge in [-0.05, 0) is 37.6 Å². The third kappa shape index (κ3) is 8.09. The third-order valence-corrected chi connectivity index (χ3v) is 3.14. The molecule has 1 aromatic carbocycles. The Bertz CT molecular complexity index is 668. The maximum absolute atomic E-state index is 11.9. The number of amides is 3. The molecule has 0 bridgehead atoms. The zero-order valence-electron chi connectivity index (χ0n) is 14.8. The van der Waals surface area contributed by atoms with E-state index in [4.69, 9.17) is 0 Å². The van der Waals surface area contributed by atoms with Gasteiger partial charge in [-0.1, -0.05) is 13.3 Å². The van der Waals surface area contributed by atoms with Crippen molar-refractivity contribution in [2.45, 2.75) is 33.1 Å².